The van der Waals surface area contributed by atoms with E-state index in [1.165, 1.54) is 27.6 Å². The van der Waals surface area contributed by atoms with Gasteiger partial charge in [-0.3, -0.25) is 0 Å². The van der Waals surface area contributed by atoms with Crippen molar-refractivity contribution in [3.8, 4) is 0 Å². The lowest BCUT2D eigenvalue weighted by atomic mass is 10.0. The van der Waals surface area contributed by atoms with Crippen molar-refractivity contribution in [3.05, 3.63) is 65.9 Å². The van der Waals surface area contributed by atoms with Crippen LogP contribution in [0.15, 0.2) is 54.6 Å². The Morgan fingerprint density at radius 1 is 0.897 bits per heavy atom. The molecule has 2 aliphatic rings. The van der Waals surface area contributed by atoms with Gasteiger partial charge in [0.1, 0.15) is 5.82 Å². The molecular formula is C30H36N4O5. The molecule has 0 saturated carbocycles. The fraction of sp³-hybridized carbons (Fsp3) is 0.367. The highest BCUT2D eigenvalue weighted by atomic mass is 16.5. The number of likely N-dealkylation sites (N-methyl/N-ethyl adjacent to an activating group) is 1. The number of rotatable bonds is 5. The van der Waals surface area contributed by atoms with Gasteiger partial charge in [-0.25, -0.2) is 14.6 Å². The molecular weight excluding hydrogens is 496 g/mol. The summed E-state index contributed by atoms with van der Waals surface area (Å²) in [5.74, 6) is -2.53. The number of carboxylic acid groups (broad SMARTS) is 2. The monoisotopic (exact) mass is 532 g/mol. The van der Waals surface area contributed by atoms with Crippen molar-refractivity contribution >= 4 is 45.9 Å². The van der Waals surface area contributed by atoms with Gasteiger partial charge < -0.3 is 29.6 Å². The van der Waals surface area contributed by atoms with E-state index in [1.807, 2.05) is 0 Å². The van der Waals surface area contributed by atoms with E-state index in [0.717, 1.165) is 70.5 Å². The maximum Gasteiger partial charge on any atom is 0.414 e. The third-order valence-corrected chi connectivity index (χ3v) is 7.08. The van der Waals surface area contributed by atoms with Gasteiger partial charge in [-0.05, 0) is 54.3 Å². The van der Waals surface area contributed by atoms with E-state index >= 15 is 0 Å². The number of aromatic nitrogens is 1. The minimum atomic E-state index is -1.82. The third kappa shape index (κ3) is 7.34. The highest BCUT2D eigenvalue weighted by Gasteiger charge is 2.19. The van der Waals surface area contributed by atoms with Gasteiger partial charge in [0.15, 0.2) is 0 Å². The van der Waals surface area contributed by atoms with Crippen molar-refractivity contribution in [3.63, 3.8) is 0 Å². The molecule has 2 aromatic carbocycles. The Kier molecular flexibility index (Phi) is 9.51. The van der Waals surface area contributed by atoms with Crippen LogP contribution in [0.3, 0.4) is 0 Å². The first-order valence-corrected chi connectivity index (χ1v) is 13.3. The van der Waals surface area contributed by atoms with Crippen molar-refractivity contribution < 1.29 is 24.5 Å². The van der Waals surface area contributed by atoms with Crippen molar-refractivity contribution in [2.24, 2.45) is 0 Å². The fourth-order valence-corrected chi connectivity index (χ4v) is 4.87. The summed E-state index contributed by atoms with van der Waals surface area (Å²) in [7, 11) is 0. The van der Waals surface area contributed by atoms with Crippen LogP contribution in [0.25, 0.3) is 22.4 Å². The van der Waals surface area contributed by atoms with Gasteiger partial charge in [0.05, 0.1) is 18.9 Å². The van der Waals surface area contributed by atoms with E-state index in [0.29, 0.717) is 0 Å². The molecule has 2 aliphatic heterocycles. The Morgan fingerprint density at radius 2 is 1.59 bits per heavy atom. The summed E-state index contributed by atoms with van der Waals surface area (Å²) in [4.78, 5) is 30.7. The number of nitrogens with zero attached hydrogens (tertiary/aromatic N) is 4. The van der Waals surface area contributed by atoms with E-state index < -0.39 is 11.9 Å². The van der Waals surface area contributed by atoms with E-state index in [2.05, 4.69) is 89.2 Å². The van der Waals surface area contributed by atoms with E-state index in [1.54, 1.807) is 0 Å². The Morgan fingerprint density at radius 3 is 2.26 bits per heavy atom. The fourth-order valence-electron chi connectivity index (χ4n) is 4.87. The van der Waals surface area contributed by atoms with E-state index in [4.69, 9.17) is 29.5 Å². The standard InChI is InChI=1S/C28H34N4O.C2H2O4/c1-3-30-11-13-32(14-12-30)28-27-10-5-4-7-24(27)20-25(29-28)19-22(2)23-8-6-9-26(21-23)31-15-17-33-18-16-31;3-1(4)2(5)6/h4-10,19-21H,3,11-18H2,1-2H3;(H,3,4)(H,5,6). The SMILES string of the molecule is CCN1CCN(c2nc(C=C(C)c3cccc(N4CCOCC4)c3)cc3ccccc23)CC1.O=C(O)C(=O)O. The van der Waals surface area contributed by atoms with Crippen LogP contribution in [0.4, 0.5) is 11.5 Å². The van der Waals surface area contributed by atoms with Gasteiger partial charge in [-0.1, -0.05) is 43.3 Å². The number of fused-ring (bicyclic) bond motifs is 1. The zero-order valence-electron chi connectivity index (χ0n) is 22.5. The van der Waals surface area contributed by atoms with Gasteiger partial charge in [0, 0.05) is 50.3 Å². The van der Waals surface area contributed by atoms with Crippen LogP contribution >= 0.6 is 0 Å². The first-order chi connectivity index (χ1) is 18.9. The Hall–Kier alpha value is -3.95. The van der Waals surface area contributed by atoms with Crippen LogP contribution in [-0.4, -0.2) is 91.1 Å². The van der Waals surface area contributed by atoms with Crippen LogP contribution in [0, 0.1) is 0 Å². The maximum atomic E-state index is 9.10. The number of morpholine rings is 1. The van der Waals surface area contributed by atoms with Crippen molar-refractivity contribution in [2.75, 3.05) is 68.8 Å². The second-order valence-corrected chi connectivity index (χ2v) is 9.60. The summed E-state index contributed by atoms with van der Waals surface area (Å²) in [6.45, 7) is 13.3. The summed E-state index contributed by atoms with van der Waals surface area (Å²) in [6.07, 6.45) is 2.23. The number of aliphatic carboxylic acids is 2. The zero-order chi connectivity index (χ0) is 27.8. The smallest absolute Gasteiger partial charge is 0.414 e. The summed E-state index contributed by atoms with van der Waals surface area (Å²) in [5, 5.41) is 17.3. The number of carbonyl (C=O) groups is 2. The average Bonchev–Trinajstić information content (AvgIpc) is 2.97. The molecule has 206 valence electrons. The molecule has 0 aliphatic carbocycles. The van der Waals surface area contributed by atoms with Gasteiger partial charge in [-0.15, -0.1) is 0 Å². The van der Waals surface area contributed by atoms with Crippen LogP contribution in [-0.2, 0) is 14.3 Å². The normalized spacial score (nSPS) is 16.5. The number of ether oxygens (including phenoxy) is 1. The predicted octanol–water partition coefficient (Wildman–Crippen LogP) is 3.93. The van der Waals surface area contributed by atoms with Crippen LogP contribution in [0.1, 0.15) is 25.1 Å². The second-order valence-electron chi connectivity index (χ2n) is 9.60. The number of hydrogen-bond donors (Lipinski definition) is 2. The average molecular weight is 533 g/mol. The zero-order valence-corrected chi connectivity index (χ0v) is 22.5. The maximum absolute atomic E-state index is 9.10. The van der Waals surface area contributed by atoms with Crippen LogP contribution < -0.4 is 9.80 Å². The summed E-state index contributed by atoms with van der Waals surface area (Å²) in [6, 6.07) is 19.7. The number of anilines is 2. The lowest BCUT2D eigenvalue weighted by molar-refractivity contribution is -0.159. The van der Waals surface area contributed by atoms with Crippen LogP contribution in [0.2, 0.25) is 0 Å². The molecule has 0 radical (unpaired) electrons. The third-order valence-electron chi connectivity index (χ3n) is 7.08. The molecule has 2 fully saturated rings. The van der Waals surface area contributed by atoms with Gasteiger partial charge in [0.2, 0.25) is 0 Å². The molecule has 0 amide bonds. The topological polar surface area (TPSA) is 106 Å². The molecule has 0 bridgehead atoms. The molecule has 0 unspecified atom stereocenters. The first kappa shape index (κ1) is 28.1. The lowest BCUT2D eigenvalue weighted by Gasteiger charge is -2.35. The highest BCUT2D eigenvalue weighted by molar-refractivity contribution is 6.27. The highest BCUT2D eigenvalue weighted by Crippen LogP contribution is 2.29. The van der Waals surface area contributed by atoms with E-state index in [-0.39, 0.29) is 0 Å². The lowest BCUT2D eigenvalue weighted by Crippen LogP contribution is -2.46. The Labute approximate surface area is 228 Å². The molecule has 39 heavy (non-hydrogen) atoms. The predicted molar refractivity (Wildman–Crippen MR) is 154 cm³/mol. The van der Waals surface area contributed by atoms with Crippen molar-refractivity contribution in [1.82, 2.24) is 9.88 Å². The van der Waals surface area contributed by atoms with Crippen molar-refractivity contribution in [1.29, 1.82) is 0 Å². The number of benzene rings is 2. The molecule has 5 rings (SSSR count). The molecule has 0 spiro atoms. The molecule has 2 N–H and O–H groups in total. The quantitative estimate of drug-likeness (QED) is 0.473. The minimum Gasteiger partial charge on any atom is -0.473 e. The van der Waals surface area contributed by atoms with Gasteiger partial charge in [-0.2, -0.15) is 0 Å². The number of allylic oxidation sites excluding steroid dienone is 1. The Bertz CT molecular complexity index is 1320. The number of piperazine rings is 1. The van der Waals surface area contributed by atoms with Gasteiger partial charge >= 0.3 is 11.9 Å². The minimum absolute atomic E-state index is 0.801. The first-order valence-electron chi connectivity index (χ1n) is 13.3. The molecule has 1 aromatic heterocycles. The summed E-state index contributed by atoms with van der Waals surface area (Å²) in [5.41, 5.74) is 4.77. The molecule has 2 saturated heterocycles. The largest absolute Gasteiger partial charge is 0.473 e. The molecule has 9 heteroatoms. The summed E-state index contributed by atoms with van der Waals surface area (Å²) < 4.78 is 5.52. The number of pyridine rings is 1. The van der Waals surface area contributed by atoms with Gasteiger partial charge in [0.25, 0.3) is 0 Å². The molecule has 0 atom stereocenters. The molecule has 3 heterocycles. The molecule has 3 aromatic rings. The molecule has 9 nitrogen and oxygen atoms in total. The Balaban J connectivity index is 0.000000531. The summed E-state index contributed by atoms with van der Waals surface area (Å²) >= 11 is 0. The second kappa shape index (κ2) is 13.2. The number of hydrogen-bond acceptors (Lipinski definition) is 7. The van der Waals surface area contributed by atoms with Crippen LogP contribution in [0.5, 0.6) is 0 Å². The van der Waals surface area contributed by atoms with E-state index in [9.17, 15) is 0 Å². The van der Waals surface area contributed by atoms with Crippen molar-refractivity contribution in [2.45, 2.75) is 13.8 Å². The number of carboxylic acids is 2.